The van der Waals surface area contributed by atoms with Gasteiger partial charge in [-0.25, -0.2) is 0 Å². The van der Waals surface area contributed by atoms with Crippen molar-refractivity contribution in [3.05, 3.63) is 35.6 Å². The summed E-state index contributed by atoms with van der Waals surface area (Å²) >= 11 is 0. The average Bonchev–Trinajstić information content (AvgIpc) is 2.38. The molecule has 0 spiro atoms. The summed E-state index contributed by atoms with van der Waals surface area (Å²) < 4.78 is 5.65. The van der Waals surface area contributed by atoms with E-state index >= 15 is 0 Å². The molecule has 0 unspecified atom stereocenters. The molecule has 2 nitrogen and oxygen atoms in total. The second-order valence-corrected chi connectivity index (χ2v) is 4.25. The molecule has 1 aromatic heterocycles. The summed E-state index contributed by atoms with van der Waals surface area (Å²) in [6.07, 6.45) is 0. The molecule has 2 N–H and O–H groups in total. The predicted octanol–water partition coefficient (Wildman–Crippen LogP) is 2.94. The minimum atomic E-state index is -0.351. The van der Waals surface area contributed by atoms with Gasteiger partial charge in [-0.05, 0) is 26.8 Å². The molecule has 0 aliphatic carbocycles. The molecule has 14 heavy (non-hydrogen) atoms. The van der Waals surface area contributed by atoms with Crippen molar-refractivity contribution in [2.45, 2.75) is 26.3 Å². The predicted molar refractivity (Wildman–Crippen MR) is 58.2 cm³/mol. The zero-order valence-corrected chi connectivity index (χ0v) is 8.79. The number of para-hydroxylation sites is 1. The molecule has 0 fully saturated rings. The number of nitrogens with two attached hydrogens (primary N) is 1. The summed E-state index contributed by atoms with van der Waals surface area (Å²) in [5.74, 6) is 0.915. The van der Waals surface area contributed by atoms with Crippen LogP contribution < -0.4 is 5.73 Å². The van der Waals surface area contributed by atoms with Crippen molar-refractivity contribution in [1.82, 2.24) is 0 Å². The van der Waals surface area contributed by atoms with Crippen molar-refractivity contribution in [2.75, 3.05) is 0 Å². The van der Waals surface area contributed by atoms with Crippen molar-refractivity contribution in [2.24, 2.45) is 5.73 Å². The molecule has 74 valence electrons. The van der Waals surface area contributed by atoms with Gasteiger partial charge in [0.1, 0.15) is 11.3 Å². The molecule has 1 aromatic carbocycles. The van der Waals surface area contributed by atoms with Crippen molar-refractivity contribution in [3.8, 4) is 0 Å². The highest BCUT2D eigenvalue weighted by Gasteiger charge is 2.22. The van der Waals surface area contributed by atoms with Crippen LogP contribution in [0.4, 0.5) is 0 Å². The lowest BCUT2D eigenvalue weighted by atomic mass is 9.93. The van der Waals surface area contributed by atoms with Crippen molar-refractivity contribution in [3.63, 3.8) is 0 Å². The van der Waals surface area contributed by atoms with Crippen molar-refractivity contribution < 1.29 is 4.42 Å². The Labute approximate surface area is 83.7 Å². The van der Waals surface area contributed by atoms with Crippen LogP contribution in [0.2, 0.25) is 0 Å². The van der Waals surface area contributed by atoms with Gasteiger partial charge in [0.05, 0.1) is 0 Å². The molecule has 2 heteroatoms. The number of hydrogen-bond acceptors (Lipinski definition) is 2. The zero-order chi connectivity index (χ0) is 10.3. The van der Waals surface area contributed by atoms with E-state index in [1.165, 1.54) is 0 Å². The van der Waals surface area contributed by atoms with Crippen LogP contribution >= 0.6 is 0 Å². The maximum Gasteiger partial charge on any atom is 0.134 e. The van der Waals surface area contributed by atoms with Gasteiger partial charge in [0.25, 0.3) is 0 Å². The smallest absolute Gasteiger partial charge is 0.134 e. The zero-order valence-electron chi connectivity index (χ0n) is 8.79. The van der Waals surface area contributed by atoms with E-state index in [-0.39, 0.29) is 5.54 Å². The van der Waals surface area contributed by atoms with Gasteiger partial charge < -0.3 is 10.2 Å². The molecule has 0 saturated carbocycles. The van der Waals surface area contributed by atoms with Gasteiger partial charge in [0.2, 0.25) is 0 Å². The summed E-state index contributed by atoms with van der Waals surface area (Å²) in [7, 11) is 0. The van der Waals surface area contributed by atoms with E-state index in [2.05, 4.69) is 6.07 Å². The van der Waals surface area contributed by atoms with E-state index in [0.29, 0.717) is 0 Å². The van der Waals surface area contributed by atoms with E-state index in [9.17, 15) is 0 Å². The van der Waals surface area contributed by atoms with Gasteiger partial charge in [0.15, 0.2) is 0 Å². The fourth-order valence-electron chi connectivity index (χ4n) is 1.97. The Morgan fingerprint density at radius 3 is 2.50 bits per heavy atom. The third-order valence-electron chi connectivity index (χ3n) is 2.42. The van der Waals surface area contributed by atoms with Crippen LogP contribution in [0.3, 0.4) is 0 Å². The van der Waals surface area contributed by atoms with Crippen LogP contribution in [0.5, 0.6) is 0 Å². The first kappa shape index (κ1) is 9.28. The fraction of sp³-hybridized carbons (Fsp3) is 0.333. The van der Waals surface area contributed by atoms with Crippen molar-refractivity contribution in [1.29, 1.82) is 0 Å². The lowest BCUT2D eigenvalue weighted by Crippen LogP contribution is -2.29. The van der Waals surface area contributed by atoms with Crippen LogP contribution in [0.15, 0.2) is 28.7 Å². The molecule has 0 radical (unpaired) electrons. The van der Waals surface area contributed by atoms with Crippen LogP contribution in [-0.2, 0) is 5.54 Å². The molecule has 0 aliphatic rings. The van der Waals surface area contributed by atoms with E-state index in [0.717, 1.165) is 22.3 Å². The first-order valence-electron chi connectivity index (χ1n) is 4.77. The number of benzene rings is 1. The van der Waals surface area contributed by atoms with E-state index < -0.39 is 0 Å². The lowest BCUT2D eigenvalue weighted by molar-refractivity contribution is 0.514. The molecule has 0 amide bonds. The van der Waals surface area contributed by atoms with Crippen LogP contribution in [0, 0.1) is 6.92 Å². The summed E-state index contributed by atoms with van der Waals surface area (Å²) in [5.41, 5.74) is 7.78. The Bertz CT molecular complexity index is 463. The van der Waals surface area contributed by atoms with Gasteiger partial charge in [-0.3, -0.25) is 0 Å². The minimum Gasteiger partial charge on any atom is -0.461 e. The third kappa shape index (κ3) is 1.32. The molecule has 2 rings (SSSR count). The summed E-state index contributed by atoms with van der Waals surface area (Å²) in [6, 6.07) is 8.00. The maximum absolute atomic E-state index is 6.11. The third-order valence-corrected chi connectivity index (χ3v) is 2.42. The van der Waals surface area contributed by atoms with Gasteiger partial charge in [-0.2, -0.15) is 0 Å². The molecule has 2 aromatic rings. The summed E-state index contributed by atoms with van der Waals surface area (Å²) in [6.45, 7) is 5.96. The first-order valence-corrected chi connectivity index (χ1v) is 4.77. The molecule has 0 atom stereocenters. The van der Waals surface area contributed by atoms with Crippen LogP contribution in [0.25, 0.3) is 11.0 Å². The van der Waals surface area contributed by atoms with Crippen LogP contribution in [-0.4, -0.2) is 0 Å². The number of aryl methyl sites for hydroxylation is 1. The van der Waals surface area contributed by atoms with Gasteiger partial charge in [0, 0.05) is 16.5 Å². The second kappa shape index (κ2) is 2.85. The van der Waals surface area contributed by atoms with Gasteiger partial charge >= 0.3 is 0 Å². The highest BCUT2D eigenvalue weighted by Crippen LogP contribution is 2.31. The first-order chi connectivity index (χ1) is 6.50. The van der Waals surface area contributed by atoms with Crippen molar-refractivity contribution >= 4 is 11.0 Å². The van der Waals surface area contributed by atoms with E-state index in [1.807, 2.05) is 39.0 Å². The fourth-order valence-corrected chi connectivity index (χ4v) is 1.97. The normalized spacial score (nSPS) is 12.3. The monoisotopic (exact) mass is 189 g/mol. The minimum absolute atomic E-state index is 0.351. The standard InChI is InChI=1S/C12H15NO/c1-8-11(12(2,3)13)9-6-4-5-7-10(9)14-8/h4-7H,13H2,1-3H3. The number of furan rings is 1. The van der Waals surface area contributed by atoms with E-state index in [4.69, 9.17) is 10.2 Å². The molecule has 0 bridgehead atoms. The Balaban J connectivity index is 2.81. The highest BCUT2D eigenvalue weighted by molar-refractivity contribution is 5.83. The topological polar surface area (TPSA) is 39.2 Å². The van der Waals surface area contributed by atoms with Crippen LogP contribution in [0.1, 0.15) is 25.2 Å². The van der Waals surface area contributed by atoms with Gasteiger partial charge in [-0.15, -0.1) is 0 Å². The molecular weight excluding hydrogens is 174 g/mol. The number of fused-ring (bicyclic) bond motifs is 1. The Morgan fingerprint density at radius 2 is 1.86 bits per heavy atom. The quantitative estimate of drug-likeness (QED) is 0.749. The average molecular weight is 189 g/mol. The number of hydrogen-bond donors (Lipinski definition) is 1. The van der Waals surface area contributed by atoms with Gasteiger partial charge in [-0.1, -0.05) is 18.2 Å². The highest BCUT2D eigenvalue weighted by atomic mass is 16.3. The Kier molecular flexibility index (Phi) is 1.89. The largest absolute Gasteiger partial charge is 0.461 e. The second-order valence-electron chi connectivity index (χ2n) is 4.25. The molecule has 0 saturated heterocycles. The SMILES string of the molecule is Cc1oc2ccccc2c1C(C)(C)N. The van der Waals surface area contributed by atoms with E-state index in [1.54, 1.807) is 0 Å². The summed E-state index contributed by atoms with van der Waals surface area (Å²) in [5, 5.41) is 1.12. The molecular formula is C12H15NO. The Hall–Kier alpha value is -1.28. The summed E-state index contributed by atoms with van der Waals surface area (Å²) in [4.78, 5) is 0. The molecule has 0 aliphatic heterocycles. The molecule has 1 heterocycles. The number of rotatable bonds is 1. The lowest BCUT2D eigenvalue weighted by Gasteiger charge is -2.18. The Morgan fingerprint density at radius 1 is 1.21 bits per heavy atom. The maximum atomic E-state index is 6.11.